The van der Waals surface area contributed by atoms with Crippen LogP contribution in [-0.4, -0.2) is 23.7 Å². The highest BCUT2D eigenvalue weighted by molar-refractivity contribution is 6.31. The molecule has 0 saturated carbocycles. The van der Waals surface area contributed by atoms with Gasteiger partial charge in [-0.1, -0.05) is 23.7 Å². The summed E-state index contributed by atoms with van der Waals surface area (Å²) in [5.41, 5.74) is 1.72. The van der Waals surface area contributed by atoms with Crippen molar-refractivity contribution in [3.63, 3.8) is 0 Å². The summed E-state index contributed by atoms with van der Waals surface area (Å²) in [5.74, 6) is -0.972. The third kappa shape index (κ3) is 4.45. The lowest BCUT2D eigenvalue weighted by molar-refractivity contribution is -0.131. The lowest BCUT2D eigenvalue weighted by Gasteiger charge is -2.29. The standard InChI is InChI=1S/C15H18ClNO2/c1-4-9-17(11(2)3)14-10-13(16)7-5-12(14)6-8-15(18)19/h4-8,10-11H,1,9H2,2-3H3,(H,18,19)/b8-6+. The van der Waals surface area contributed by atoms with Gasteiger partial charge in [0.1, 0.15) is 0 Å². The van der Waals surface area contributed by atoms with E-state index in [1.807, 2.05) is 18.2 Å². The topological polar surface area (TPSA) is 40.5 Å². The first-order valence-corrected chi connectivity index (χ1v) is 6.41. The molecule has 1 N–H and O–H groups in total. The Hall–Kier alpha value is -1.74. The Labute approximate surface area is 118 Å². The first-order chi connectivity index (χ1) is 8.95. The van der Waals surface area contributed by atoms with Crippen LogP contribution in [0, 0.1) is 0 Å². The maximum Gasteiger partial charge on any atom is 0.328 e. The third-order valence-electron chi connectivity index (χ3n) is 2.66. The molecular weight excluding hydrogens is 262 g/mol. The highest BCUT2D eigenvalue weighted by atomic mass is 35.5. The van der Waals surface area contributed by atoms with Crippen LogP contribution in [0.5, 0.6) is 0 Å². The van der Waals surface area contributed by atoms with Crippen molar-refractivity contribution in [1.82, 2.24) is 0 Å². The van der Waals surface area contributed by atoms with Crippen LogP contribution in [-0.2, 0) is 4.79 Å². The number of hydrogen-bond acceptors (Lipinski definition) is 2. The minimum Gasteiger partial charge on any atom is -0.478 e. The van der Waals surface area contributed by atoms with E-state index in [-0.39, 0.29) is 6.04 Å². The second kappa shape index (κ2) is 7.00. The number of carboxylic acid groups (broad SMARTS) is 1. The number of hydrogen-bond donors (Lipinski definition) is 1. The molecule has 4 heteroatoms. The lowest BCUT2D eigenvalue weighted by atomic mass is 10.1. The van der Waals surface area contributed by atoms with Gasteiger partial charge in [0.15, 0.2) is 0 Å². The van der Waals surface area contributed by atoms with Crippen LogP contribution >= 0.6 is 11.6 Å². The Morgan fingerprint density at radius 3 is 2.74 bits per heavy atom. The van der Waals surface area contributed by atoms with Gasteiger partial charge in [0.05, 0.1) is 0 Å². The molecule has 1 aromatic carbocycles. The van der Waals surface area contributed by atoms with Crippen LogP contribution in [0.15, 0.2) is 36.9 Å². The highest BCUT2D eigenvalue weighted by Crippen LogP contribution is 2.27. The van der Waals surface area contributed by atoms with Gasteiger partial charge in [-0.3, -0.25) is 0 Å². The second-order valence-electron chi connectivity index (χ2n) is 4.41. The molecule has 0 aliphatic carbocycles. The van der Waals surface area contributed by atoms with Crippen LogP contribution in [0.3, 0.4) is 0 Å². The van der Waals surface area contributed by atoms with Crippen molar-refractivity contribution < 1.29 is 9.90 Å². The van der Waals surface area contributed by atoms with E-state index in [2.05, 4.69) is 25.3 Å². The van der Waals surface area contributed by atoms with Gasteiger partial charge >= 0.3 is 5.97 Å². The summed E-state index contributed by atoms with van der Waals surface area (Å²) >= 11 is 6.04. The Morgan fingerprint density at radius 1 is 1.53 bits per heavy atom. The lowest BCUT2D eigenvalue weighted by Crippen LogP contribution is -2.31. The van der Waals surface area contributed by atoms with Gasteiger partial charge in [0, 0.05) is 29.4 Å². The second-order valence-corrected chi connectivity index (χ2v) is 4.85. The van der Waals surface area contributed by atoms with Gasteiger partial charge in [-0.2, -0.15) is 0 Å². The summed E-state index contributed by atoms with van der Waals surface area (Å²) in [5, 5.41) is 9.35. The molecule has 0 unspecified atom stereocenters. The summed E-state index contributed by atoms with van der Waals surface area (Å²) in [7, 11) is 0. The molecule has 3 nitrogen and oxygen atoms in total. The molecule has 0 bridgehead atoms. The Kier molecular flexibility index (Phi) is 5.64. The van der Waals surface area contributed by atoms with E-state index in [1.54, 1.807) is 12.1 Å². The van der Waals surface area contributed by atoms with E-state index >= 15 is 0 Å². The fourth-order valence-corrected chi connectivity index (χ4v) is 1.96. The molecule has 0 heterocycles. The number of aliphatic carboxylic acids is 1. The van der Waals surface area contributed by atoms with E-state index in [4.69, 9.17) is 16.7 Å². The quantitative estimate of drug-likeness (QED) is 0.635. The van der Waals surface area contributed by atoms with Crippen molar-refractivity contribution in [3.05, 3.63) is 47.5 Å². The van der Waals surface area contributed by atoms with E-state index in [0.29, 0.717) is 11.6 Å². The number of benzene rings is 1. The molecule has 0 spiro atoms. The normalized spacial score (nSPS) is 10.9. The summed E-state index contributed by atoms with van der Waals surface area (Å²) in [6, 6.07) is 5.66. The summed E-state index contributed by atoms with van der Waals surface area (Å²) in [4.78, 5) is 12.7. The molecule has 0 aliphatic rings. The Bertz CT molecular complexity index is 495. The van der Waals surface area contributed by atoms with Crippen LogP contribution in [0.25, 0.3) is 6.08 Å². The molecule has 0 aliphatic heterocycles. The molecule has 102 valence electrons. The Morgan fingerprint density at radius 2 is 2.21 bits per heavy atom. The minimum absolute atomic E-state index is 0.258. The largest absolute Gasteiger partial charge is 0.478 e. The number of rotatable bonds is 6. The number of nitrogens with zero attached hydrogens (tertiary/aromatic N) is 1. The van der Waals surface area contributed by atoms with E-state index in [9.17, 15) is 4.79 Å². The number of halogens is 1. The summed E-state index contributed by atoms with van der Waals surface area (Å²) in [6.45, 7) is 8.55. The smallest absolute Gasteiger partial charge is 0.328 e. The monoisotopic (exact) mass is 279 g/mol. The van der Waals surface area contributed by atoms with Crippen molar-refractivity contribution in [1.29, 1.82) is 0 Å². The molecule has 0 amide bonds. The predicted molar refractivity (Wildman–Crippen MR) is 80.8 cm³/mol. The van der Waals surface area contributed by atoms with E-state index in [1.165, 1.54) is 0 Å². The molecular formula is C15H18ClNO2. The molecule has 0 aromatic heterocycles. The highest BCUT2D eigenvalue weighted by Gasteiger charge is 2.12. The maximum absolute atomic E-state index is 10.6. The van der Waals surface area contributed by atoms with Crippen molar-refractivity contribution >= 4 is 29.3 Å². The van der Waals surface area contributed by atoms with Gasteiger partial charge in [0.2, 0.25) is 0 Å². The van der Waals surface area contributed by atoms with Crippen molar-refractivity contribution in [2.24, 2.45) is 0 Å². The molecule has 1 rings (SSSR count). The zero-order valence-electron chi connectivity index (χ0n) is 11.1. The third-order valence-corrected chi connectivity index (χ3v) is 2.89. The molecule has 19 heavy (non-hydrogen) atoms. The minimum atomic E-state index is -0.972. The molecule has 1 aromatic rings. The SMILES string of the molecule is C=CCN(c1cc(Cl)ccc1/C=C/C(=O)O)C(C)C. The van der Waals surface area contributed by atoms with E-state index < -0.39 is 5.97 Å². The van der Waals surface area contributed by atoms with Crippen LogP contribution in [0.2, 0.25) is 5.02 Å². The maximum atomic E-state index is 10.6. The van der Waals surface area contributed by atoms with Gasteiger partial charge in [-0.05, 0) is 37.6 Å². The van der Waals surface area contributed by atoms with Crippen molar-refractivity contribution in [2.75, 3.05) is 11.4 Å². The van der Waals surface area contributed by atoms with Crippen LogP contribution < -0.4 is 4.90 Å². The first kappa shape index (κ1) is 15.3. The molecule has 0 saturated heterocycles. The fraction of sp³-hybridized carbons (Fsp3) is 0.267. The average Bonchev–Trinajstić information content (AvgIpc) is 2.33. The molecule has 0 atom stereocenters. The Balaban J connectivity index is 3.25. The number of anilines is 1. The van der Waals surface area contributed by atoms with Crippen molar-refractivity contribution in [2.45, 2.75) is 19.9 Å². The van der Waals surface area contributed by atoms with Gasteiger partial charge in [-0.15, -0.1) is 6.58 Å². The van der Waals surface area contributed by atoms with Gasteiger partial charge in [-0.25, -0.2) is 4.79 Å². The van der Waals surface area contributed by atoms with Crippen molar-refractivity contribution in [3.8, 4) is 0 Å². The summed E-state index contributed by atoms with van der Waals surface area (Å²) in [6.07, 6.45) is 4.51. The number of carboxylic acids is 1. The van der Waals surface area contributed by atoms with E-state index in [0.717, 1.165) is 17.3 Å². The van der Waals surface area contributed by atoms with Crippen LogP contribution in [0.1, 0.15) is 19.4 Å². The van der Waals surface area contributed by atoms with Crippen LogP contribution in [0.4, 0.5) is 5.69 Å². The van der Waals surface area contributed by atoms with Gasteiger partial charge in [0.25, 0.3) is 0 Å². The predicted octanol–water partition coefficient (Wildman–Crippen LogP) is 3.84. The zero-order chi connectivity index (χ0) is 14.4. The zero-order valence-corrected chi connectivity index (χ0v) is 11.9. The average molecular weight is 280 g/mol. The van der Waals surface area contributed by atoms with Gasteiger partial charge < -0.3 is 10.0 Å². The fourth-order valence-electron chi connectivity index (χ4n) is 1.79. The first-order valence-electron chi connectivity index (χ1n) is 6.03. The molecule has 0 radical (unpaired) electrons. The number of carbonyl (C=O) groups is 1. The summed E-state index contributed by atoms with van der Waals surface area (Å²) < 4.78 is 0. The molecule has 0 fully saturated rings.